The van der Waals surface area contributed by atoms with E-state index in [0.717, 1.165) is 0 Å². The smallest absolute Gasteiger partial charge is 0.188 e. The summed E-state index contributed by atoms with van der Waals surface area (Å²) in [6, 6.07) is 1.50. The molecule has 0 aromatic carbocycles. The second-order valence-electron chi connectivity index (χ2n) is 2.05. The predicted molar refractivity (Wildman–Crippen MR) is 49.9 cm³/mol. The van der Waals surface area contributed by atoms with Crippen molar-refractivity contribution in [2.75, 3.05) is 5.75 Å². The highest BCUT2D eigenvalue weighted by atomic mass is 32.1. The highest BCUT2D eigenvalue weighted by Gasteiger charge is 1.89. The molecule has 0 spiro atoms. The van der Waals surface area contributed by atoms with Gasteiger partial charge in [0.2, 0.25) is 0 Å². The van der Waals surface area contributed by atoms with Gasteiger partial charge < -0.3 is 4.98 Å². The van der Waals surface area contributed by atoms with Gasteiger partial charge in [0.05, 0.1) is 0 Å². The third-order valence-electron chi connectivity index (χ3n) is 1.26. The van der Waals surface area contributed by atoms with Gasteiger partial charge in [0.25, 0.3) is 0 Å². The Kier molecular flexibility index (Phi) is 2.98. The third-order valence-corrected chi connectivity index (χ3v) is 1.47. The van der Waals surface area contributed by atoms with Crippen molar-refractivity contribution in [1.29, 1.82) is 0 Å². The fourth-order valence-electron chi connectivity index (χ4n) is 0.739. The van der Waals surface area contributed by atoms with Crippen LogP contribution in [0, 0.1) is 0 Å². The van der Waals surface area contributed by atoms with Crippen LogP contribution in [0.4, 0.5) is 0 Å². The molecule has 11 heavy (non-hydrogen) atoms. The zero-order valence-electron chi connectivity index (χ0n) is 5.95. The van der Waals surface area contributed by atoms with Crippen molar-refractivity contribution in [2.45, 2.75) is 0 Å². The minimum atomic E-state index is 0.0294. The van der Waals surface area contributed by atoms with Crippen molar-refractivity contribution in [3.8, 4) is 0 Å². The molecule has 3 heteroatoms. The number of H-pyrrole nitrogens is 1. The molecule has 1 aromatic rings. The lowest BCUT2D eigenvalue weighted by Crippen LogP contribution is -2.01. The van der Waals surface area contributed by atoms with Crippen molar-refractivity contribution >= 4 is 18.7 Å². The van der Waals surface area contributed by atoms with Crippen LogP contribution in [0.3, 0.4) is 0 Å². The van der Waals surface area contributed by atoms with Gasteiger partial charge in [-0.15, -0.1) is 0 Å². The van der Waals surface area contributed by atoms with Gasteiger partial charge in [-0.1, -0.05) is 12.2 Å². The number of nitrogens with one attached hydrogen (secondary N) is 1. The number of hydrogen-bond acceptors (Lipinski definition) is 2. The van der Waals surface area contributed by atoms with E-state index in [-0.39, 0.29) is 5.43 Å². The van der Waals surface area contributed by atoms with Gasteiger partial charge in [0.15, 0.2) is 5.43 Å². The first-order valence-electron chi connectivity index (χ1n) is 3.29. The molecule has 0 amide bonds. The summed E-state index contributed by atoms with van der Waals surface area (Å²) in [5.74, 6) is 0.647. The second-order valence-corrected chi connectivity index (χ2v) is 2.41. The minimum Gasteiger partial charge on any atom is -0.367 e. The first kappa shape index (κ1) is 8.14. The monoisotopic (exact) mass is 167 g/mol. The molecule has 0 fully saturated rings. The van der Waals surface area contributed by atoms with Crippen LogP contribution in [0.25, 0.3) is 6.08 Å². The largest absolute Gasteiger partial charge is 0.367 e. The van der Waals surface area contributed by atoms with Gasteiger partial charge in [-0.2, -0.15) is 12.6 Å². The van der Waals surface area contributed by atoms with Gasteiger partial charge in [-0.25, -0.2) is 0 Å². The van der Waals surface area contributed by atoms with Gasteiger partial charge in [-0.3, -0.25) is 4.79 Å². The van der Waals surface area contributed by atoms with Gasteiger partial charge in [-0.05, 0) is 0 Å². The fraction of sp³-hybridized carbons (Fsp3) is 0.125. The van der Waals surface area contributed by atoms with Crippen LogP contribution in [0.5, 0.6) is 0 Å². The second kappa shape index (κ2) is 4.03. The zero-order valence-corrected chi connectivity index (χ0v) is 6.84. The van der Waals surface area contributed by atoms with Crippen LogP contribution in [-0.4, -0.2) is 10.7 Å². The van der Waals surface area contributed by atoms with Crippen LogP contribution in [0.15, 0.2) is 29.3 Å². The van der Waals surface area contributed by atoms with Crippen molar-refractivity contribution < 1.29 is 0 Å². The van der Waals surface area contributed by atoms with Crippen LogP contribution < -0.4 is 5.43 Å². The molecule has 1 aromatic heterocycles. The molecule has 0 saturated heterocycles. The summed E-state index contributed by atoms with van der Waals surface area (Å²) < 4.78 is 0. The number of aromatic nitrogens is 1. The number of aromatic amines is 1. The summed E-state index contributed by atoms with van der Waals surface area (Å²) in [4.78, 5) is 13.9. The van der Waals surface area contributed by atoms with Crippen molar-refractivity contribution in [3.63, 3.8) is 0 Å². The summed E-state index contributed by atoms with van der Waals surface area (Å²) in [5, 5.41) is 0. The summed E-state index contributed by atoms with van der Waals surface area (Å²) in [6.45, 7) is 0. The molecular formula is C8H9NOS. The first-order valence-corrected chi connectivity index (χ1v) is 3.92. The molecule has 0 saturated carbocycles. The molecule has 2 nitrogen and oxygen atoms in total. The molecule has 0 radical (unpaired) electrons. The standard InChI is InChI=1S/C8H9NOS/c10-8-3-4-9-6-7(8)2-1-5-11/h1-4,6,11H,5H2,(H,9,10). The normalized spacial score (nSPS) is 10.6. The highest BCUT2D eigenvalue weighted by Crippen LogP contribution is 1.91. The summed E-state index contributed by atoms with van der Waals surface area (Å²) in [5.41, 5.74) is 0.698. The number of hydrogen-bond donors (Lipinski definition) is 2. The molecule has 0 aliphatic carbocycles. The number of rotatable bonds is 2. The molecule has 1 heterocycles. The topological polar surface area (TPSA) is 32.9 Å². The summed E-state index contributed by atoms with van der Waals surface area (Å²) in [6.07, 6.45) is 6.86. The Labute approximate surface area is 70.4 Å². The predicted octanol–water partition coefficient (Wildman–Crippen LogP) is 1.32. The van der Waals surface area contributed by atoms with Crippen LogP contribution >= 0.6 is 12.6 Å². The molecule has 0 atom stereocenters. The lowest BCUT2D eigenvalue weighted by Gasteiger charge is -1.88. The van der Waals surface area contributed by atoms with Crippen molar-refractivity contribution in [3.05, 3.63) is 40.3 Å². The molecule has 0 unspecified atom stereocenters. The summed E-state index contributed by atoms with van der Waals surface area (Å²) >= 11 is 3.99. The molecule has 0 aliphatic heterocycles. The average Bonchev–Trinajstić information content (AvgIpc) is 2.03. The van der Waals surface area contributed by atoms with E-state index in [1.165, 1.54) is 6.07 Å². The maximum absolute atomic E-state index is 11.0. The maximum atomic E-state index is 11.0. The lowest BCUT2D eigenvalue weighted by molar-refractivity contribution is 1.29. The Morgan fingerprint density at radius 1 is 1.64 bits per heavy atom. The van der Waals surface area contributed by atoms with E-state index >= 15 is 0 Å². The van der Waals surface area contributed by atoms with E-state index in [4.69, 9.17) is 0 Å². The zero-order chi connectivity index (χ0) is 8.10. The van der Waals surface area contributed by atoms with E-state index in [2.05, 4.69) is 17.6 Å². The Morgan fingerprint density at radius 2 is 2.45 bits per heavy atom. The minimum absolute atomic E-state index is 0.0294. The molecule has 58 valence electrons. The van der Waals surface area contributed by atoms with Crippen molar-refractivity contribution in [1.82, 2.24) is 4.98 Å². The maximum Gasteiger partial charge on any atom is 0.188 e. The molecular weight excluding hydrogens is 158 g/mol. The Balaban J connectivity index is 2.95. The lowest BCUT2D eigenvalue weighted by atomic mass is 10.2. The van der Waals surface area contributed by atoms with Crippen LogP contribution in [0.2, 0.25) is 0 Å². The molecule has 1 N–H and O–H groups in total. The number of pyridine rings is 1. The van der Waals surface area contributed by atoms with Crippen LogP contribution in [-0.2, 0) is 0 Å². The quantitative estimate of drug-likeness (QED) is 0.640. The van der Waals surface area contributed by atoms with E-state index in [0.29, 0.717) is 11.3 Å². The van der Waals surface area contributed by atoms with E-state index < -0.39 is 0 Å². The first-order chi connectivity index (χ1) is 5.34. The molecule has 1 rings (SSSR count). The summed E-state index contributed by atoms with van der Waals surface area (Å²) in [7, 11) is 0. The Hall–Kier alpha value is -0.960. The molecule has 0 bridgehead atoms. The average molecular weight is 167 g/mol. The van der Waals surface area contributed by atoms with E-state index in [9.17, 15) is 4.79 Å². The van der Waals surface area contributed by atoms with Gasteiger partial charge >= 0.3 is 0 Å². The van der Waals surface area contributed by atoms with E-state index in [1.54, 1.807) is 18.5 Å². The van der Waals surface area contributed by atoms with Crippen molar-refractivity contribution in [2.24, 2.45) is 0 Å². The molecule has 0 aliphatic rings. The van der Waals surface area contributed by atoms with Gasteiger partial charge in [0.1, 0.15) is 0 Å². The Morgan fingerprint density at radius 3 is 3.09 bits per heavy atom. The number of thiol groups is 1. The fourth-order valence-corrected chi connectivity index (χ4v) is 0.844. The third kappa shape index (κ3) is 2.27. The van der Waals surface area contributed by atoms with Crippen LogP contribution in [0.1, 0.15) is 5.56 Å². The Bertz CT molecular complexity index is 303. The SMILES string of the molecule is O=c1cc[nH]cc1C=CCS. The van der Waals surface area contributed by atoms with Gasteiger partial charge in [0, 0.05) is 29.8 Å². The highest BCUT2D eigenvalue weighted by molar-refractivity contribution is 7.80. The van der Waals surface area contributed by atoms with E-state index in [1.807, 2.05) is 6.08 Å².